The molecule has 0 amide bonds. The van der Waals surface area contributed by atoms with E-state index in [9.17, 15) is 8.42 Å². The zero-order valence-corrected chi connectivity index (χ0v) is 10.9. The van der Waals surface area contributed by atoms with Crippen molar-refractivity contribution in [2.75, 3.05) is 11.8 Å². The lowest BCUT2D eigenvalue weighted by molar-refractivity contribution is 0.599. The van der Waals surface area contributed by atoms with Gasteiger partial charge in [-0.15, -0.1) is 0 Å². The van der Waals surface area contributed by atoms with E-state index >= 15 is 0 Å². The van der Waals surface area contributed by atoms with Crippen LogP contribution < -0.4 is 10.0 Å². The predicted molar refractivity (Wildman–Crippen MR) is 69.5 cm³/mol. The monoisotopic (exact) mass is 254 g/mol. The van der Waals surface area contributed by atoms with Gasteiger partial charge in [0.15, 0.2) is 0 Å². The van der Waals surface area contributed by atoms with Gasteiger partial charge in [-0.1, -0.05) is 18.2 Å². The zero-order chi connectivity index (χ0) is 12.5. The lowest BCUT2D eigenvalue weighted by atomic mass is 10.1. The number of para-hydroxylation sites is 1. The summed E-state index contributed by atoms with van der Waals surface area (Å²) in [7, 11) is -1.32. The van der Waals surface area contributed by atoms with E-state index in [-0.39, 0.29) is 11.3 Å². The maximum absolute atomic E-state index is 11.9. The van der Waals surface area contributed by atoms with Gasteiger partial charge in [0, 0.05) is 6.04 Å². The summed E-state index contributed by atoms with van der Waals surface area (Å²) in [4.78, 5) is 0. The van der Waals surface area contributed by atoms with Crippen molar-refractivity contribution in [3.63, 3.8) is 0 Å². The fourth-order valence-corrected chi connectivity index (χ4v) is 3.15. The van der Waals surface area contributed by atoms with Crippen molar-refractivity contribution in [2.24, 2.45) is 0 Å². The standard InChI is InChI=1S/C12H18N2O2S/c1-9(13-2)11-5-3-4-6-12(11)14-17(15,16)10-7-8-10/h3-6,9-10,13-14H,7-8H2,1-2H3. The van der Waals surface area contributed by atoms with Crippen LogP contribution in [0.25, 0.3) is 0 Å². The maximum Gasteiger partial charge on any atom is 0.235 e. The number of hydrogen-bond acceptors (Lipinski definition) is 3. The van der Waals surface area contributed by atoms with Crippen LogP contribution in [0.3, 0.4) is 0 Å². The number of hydrogen-bond donors (Lipinski definition) is 2. The van der Waals surface area contributed by atoms with Gasteiger partial charge in [-0.25, -0.2) is 8.42 Å². The number of benzene rings is 1. The number of sulfonamides is 1. The molecule has 1 aliphatic rings. The topological polar surface area (TPSA) is 58.2 Å². The average molecular weight is 254 g/mol. The molecule has 0 saturated heterocycles. The van der Waals surface area contributed by atoms with E-state index in [1.807, 2.05) is 38.2 Å². The molecule has 0 aromatic heterocycles. The van der Waals surface area contributed by atoms with Crippen LogP contribution in [0.2, 0.25) is 0 Å². The quantitative estimate of drug-likeness (QED) is 0.843. The minimum absolute atomic E-state index is 0.119. The van der Waals surface area contributed by atoms with Crippen molar-refractivity contribution >= 4 is 15.7 Å². The third-order valence-electron chi connectivity index (χ3n) is 3.08. The molecule has 1 saturated carbocycles. The highest BCUT2D eigenvalue weighted by molar-refractivity contribution is 7.93. The summed E-state index contributed by atoms with van der Waals surface area (Å²) in [5, 5.41) is 2.92. The first kappa shape index (κ1) is 12.4. The highest BCUT2D eigenvalue weighted by atomic mass is 32.2. The number of anilines is 1. The van der Waals surface area contributed by atoms with Gasteiger partial charge in [-0.2, -0.15) is 0 Å². The molecule has 0 radical (unpaired) electrons. The third-order valence-corrected chi connectivity index (χ3v) is 4.93. The van der Waals surface area contributed by atoms with Crippen LogP contribution in [0.1, 0.15) is 31.4 Å². The van der Waals surface area contributed by atoms with Crippen molar-refractivity contribution in [3.8, 4) is 0 Å². The van der Waals surface area contributed by atoms with Crippen LogP contribution >= 0.6 is 0 Å². The Bertz CT molecular complexity index is 495. The molecule has 4 nitrogen and oxygen atoms in total. The Morgan fingerprint density at radius 3 is 2.53 bits per heavy atom. The van der Waals surface area contributed by atoms with Gasteiger partial charge < -0.3 is 5.32 Å². The van der Waals surface area contributed by atoms with E-state index in [0.717, 1.165) is 18.4 Å². The van der Waals surface area contributed by atoms with E-state index in [2.05, 4.69) is 10.0 Å². The number of nitrogens with one attached hydrogen (secondary N) is 2. The Hall–Kier alpha value is -1.07. The lowest BCUT2D eigenvalue weighted by Crippen LogP contribution is -2.20. The fourth-order valence-electron chi connectivity index (χ4n) is 1.74. The van der Waals surface area contributed by atoms with Gasteiger partial charge in [0.1, 0.15) is 0 Å². The van der Waals surface area contributed by atoms with E-state index < -0.39 is 10.0 Å². The van der Waals surface area contributed by atoms with Crippen LogP contribution in [0.5, 0.6) is 0 Å². The Morgan fingerprint density at radius 2 is 1.94 bits per heavy atom. The zero-order valence-electron chi connectivity index (χ0n) is 10.1. The summed E-state index contributed by atoms with van der Waals surface area (Å²) in [6.07, 6.45) is 1.55. The van der Waals surface area contributed by atoms with Gasteiger partial charge in [-0.3, -0.25) is 4.72 Å². The van der Waals surface area contributed by atoms with Crippen LogP contribution in [0.15, 0.2) is 24.3 Å². The molecule has 0 spiro atoms. The highest BCUT2D eigenvalue weighted by Gasteiger charge is 2.36. The molecular formula is C12H18N2O2S. The van der Waals surface area contributed by atoms with E-state index in [1.54, 1.807) is 0 Å². The first-order valence-electron chi connectivity index (χ1n) is 5.82. The SMILES string of the molecule is CNC(C)c1ccccc1NS(=O)(=O)C1CC1. The summed E-state index contributed by atoms with van der Waals surface area (Å²) in [5.41, 5.74) is 1.65. The van der Waals surface area contributed by atoms with Gasteiger partial charge >= 0.3 is 0 Å². The normalized spacial score (nSPS) is 17.8. The first-order valence-corrected chi connectivity index (χ1v) is 7.37. The number of rotatable bonds is 5. The molecule has 1 atom stereocenters. The third kappa shape index (κ3) is 2.79. The molecule has 1 aromatic carbocycles. The Balaban J connectivity index is 2.26. The summed E-state index contributed by atoms with van der Waals surface area (Å²) in [6, 6.07) is 7.62. The van der Waals surface area contributed by atoms with E-state index in [4.69, 9.17) is 0 Å². The van der Waals surface area contributed by atoms with E-state index in [0.29, 0.717) is 5.69 Å². The van der Waals surface area contributed by atoms with Crippen molar-refractivity contribution in [1.82, 2.24) is 5.32 Å². The lowest BCUT2D eigenvalue weighted by Gasteiger charge is -2.16. The van der Waals surface area contributed by atoms with Gasteiger partial charge in [0.25, 0.3) is 0 Å². The highest BCUT2D eigenvalue weighted by Crippen LogP contribution is 2.31. The molecule has 0 heterocycles. The minimum Gasteiger partial charge on any atom is -0.313 e. The van der Waals surface area contributed by atoms with Crippen molar-refractivity contribution in [3.05, 3.63) is 29.8 Å². The summed E-state index contributed by atoms with van der Waals surface area (Å²) < 4.78 is 26.5. The van der Waals surface area contributed by atoms with Crippen LogP contribution in [-0.4, -0.2) is 20.7 Å². The summed E-state index contributed by atoms with van der Waals surface area (Å²) in [6.45, 7) is 2.00. The van der Waals surface area contributed by atoms with Crippen molar-refractivity contribution in [1.29, 1.82) is 0 Å². The minimum atomic E-state index is -3.18. The second kappa shape index (κ2) is 4.66. The molecule has 5 heteroatoms. The molecule has 1 fully saturated rings. The van der Waals surface area contributed by atoms with Crippen molar-refractivity contribution < 1.29 is 8.42 Å². The second-order valence-corrected chi connectivity index (χ2v) is 6.40. The van der Waals surface area contributed by atoms with Crippen molar-refractivity contribution in [2.45, 2.75) is 31.1 Å². The Kier molecular flexibility index (Phi) is 3.40. The Labute approximate surface area is 102 Å². The molecule has 2 rings (SSSR count). The fraction of sp³-hybridized carbons (Fsp3) is 0.500. The molecule has 94 valence electrons. The van der Waals surface area contributed by atoms with E-state index in [1.165, 1.54) is 0 Å². The molecule has 1 unspecified atom stereocenters. The van der Waals surface area contributed by atoms with Gasteiger partial charge in [0.2, 0.25) is 10.0 Å². The summed E-state index contributed by atoms with van der Waals surface area (Å²) >= 11 is 0. The molecule has 1 aliphatic carbocycles. The Morgan fingerprint density at radius 1 is 1.29 bits per heavy atom. The first-order chi connectivity index (χ1) is 8.04. The molecule has 0 bridgehead atoms. The predicted octanol–water partition coefficient (Wildman–Crippen LogP) is 1.87. The molecule has 17 heavy (non-hydrogen) atoms. The van der Waals surface area contributed by atoms with Crippen LogP contribution in [0, 0.1) is 0 Å². The molecule has 1 aromatic rings. The second-order valence-electron chi connectivity index (χ2n) is 4.44. The molecule has 2 N–H and O–H groups in total. The smallest absolute Gasteiger partial charge is 0.235 e. The average Bonchev–Trinajstić information content (AvgIpc) is 3.12. The van der Waals surface area contributed by atoms with Gasteiger partial charge in [0.05, 0.1) is 10.9 Å². The van der Waals surface area contributed by atoms with Crippen LogP contribution in [0.4, 0.5) is 5.69 Å². The summed E-state index contributed by atoms with van der Waals surface area (Å²) in [5.74, 6) is 0. The largest absolute Gasteiger partial charge is 0.313 e. The maximum atomic E-state index is 11.9. The molecule has 0 aliphatic heterocycles. The van der Waals surface area contributed by atoms with Gasteiger partial charge in [-0.05, 0) is 38.4 Å². The van der Waals surface area contributed by atoms with Crippen LogP contribution in [-0.2, 0) is 10.0 Å². The molecular weight excluding hydrogens is 236 g/mol.